The van der Waals surface area contributed by atoms with Gasteiger partial charge in [0.15, 0.2) is 0 Å². The quantitative estimate of drug-likeness (QED) is 0.819. The monoisotopic (exact) mass is 234 g/mol. The number of amides is 1. The lowest BCUT2D eigenvalue weighted by Gasteiger charge is -2.04. The van der Waals surface area contributed by atoms with E-state index < -0.39 is 0 Å². The predicted octanol–water partition coefficient (Wildman–Crippen LogP) is 0.797. The van der Waals surface area contributed by atoms with Crippen molar-refractivity contribution in [3.8, 4) is 0 Å². The highest BCUT2D eigenvalue weighted by Crippen LogP contribution is 2.07. The van der Waals surface area contributed by atoms with Crippen molar-refractivity contribution in [2.45, 2.75) is 13.5 Å². The van der Waals surface area contributed by atoms with Crippen molar-refractivity contribution >= 4 is 11.6 Å². The molecule has 6 nitrogen and oxygen atoms in total. The molecule has 0 spiro atoms. The zero-order valence-corrected chi connectivity index (χ0v) is 9.51. The molecule has 0 bridgehead atoms. The lowest BCUT2D eigenvalue weighted by molar-refractivity contribution is 0.0950. The second-order valence-electron chi connectivity index (χ2n) is 3.68. The van der Waals surface area contributed by atoms with Crippen LogP contribution in [-0.4, -0.2) is 22.2 Å². The number of nitrogens with two attached hydrogens (primary N) is 1. The third kappa shape index (κ3) is 2.66. The number of hydrogen-bond acceptors (Lipinski definition) is 4. The maximum Gasteiger partial charge on any atom is 0.254 e. The van der Waals surface area contributed by atoms with Crippen LogP contribution in [0.2, 0.25) is 0 Å². The molecule has 0 saturated heterocycles. The van der Waals surface area contributed by atoms with E-state index in [1.54, 1.807) is 30.1 Å². The standard InChI is InChI=1S/C11H14N4O2/c1-8-10(2-5-17-8)11(16)13-3-4-15-7-9(12)6-14-15/h2,5-7H,3-4,12H2,1H3,(H,13,16). The normalized spacial score (nSPS) is 10.4. The topological polar surface area (TPSA) is 86.1 Å². The Bertz CT molecular complexity index is 515. The Balaban J connectivity index is 1.83. The number of rotatable bonds is 4. The van der Waals surface area contributed by atoms with Crippen molar-refractivity contribution in [3.05, 3.63) is 36.0 Å². The first-order valence-electron chi connectivity index (χ1n) is 5.27. The smallest absolute Gasteiger partial charge is 0.254 e. The fourth-order valence-electron chi connectivity index (χ4n) is 1.50. The van der Waals surface area contributed by atoms with Crippen molar-refractivity contribution in [1.82, 2.24) is 15.1 Å². The Morgan fingerprint density at radius 1 is 1.65 bits per heavy atom. The molecule has 0 unspecified atom stereocenters. The van der Waals surface area contributed by atoms with Gasteiger partial charge < -0.3 is 15.5 Å². The van der Waals surface area contributed by atoms with Crippen LogP contribution < -0.4 is 11.1 Å². The largest absolute Gasteiger partial charge is 0.469 e. The van der Waals surface area contributed by atoms with Crippen molar-refractivity contribution in [2.24, 2.45) is 0 Å². The zero-order valence-electron chi connectivity index (χ0n) is 9.51. The van der Waals surface area contributed by atoms with Crippen LogP contribution in [0.1, 0.15) is 16.1 Å². The number of nitrogens with zero attached hydrogens (tertiary/aromatic N) is 2. The van der Waals surface area contributed by atoms with Crippen LogP contribution in [0, 0.1) is 6.92 Å². The Morgan fingerprint density at radius 2 is 2.47 bits per heavy atom. The lowest BCUT2D eigenvalue weighted by atomic mass is 10.2. The van der Waals surface area contributed by atoms with E-state index in [0.29, 0.717) is 30.1 Å². The molecule has 2 aromatic rings. The van der Waals surface area contributed by atoms with Crippen LogP contribution >= 0.6 is 0 Å². The summed E-state index contributed by atoms with van der Waals surface area (Å²) in [5.41, 5.74) is 6.70. The molecule has 0 aliphatic carbocycles. The summed E-state index contributed by atoms with van der Waals surface area (Å²) in [6.45, 7) is 2.83. The average Bonchev–Trinajstić information content (AvgIpc) is 2.87. The summed E-state index contributed by atoms with van der Waals surface area (Å²) in [6.07, 6.45) is 4.79. The van der Waals surface area contributed by atoms with E-state index in [1.807, 2.05) is 0 Å². The lowest BCUT2D eigenvalue weighted by Crippen LogP contribution is -2.27. The summed E-state index contributed by atoms with van der Waals surface area (Å²) in [5, 5.41) is 6.80. The highest BCUT2D eigenvalue weighted by Gasteiger charge is 2.10. The SMILES string of the molecule is Cc1occc1C(=O)NCCn1cc(N)cn1. The first-order chi connectivity index (χ1) is 8.16. The average molecular weight is 234 g/mol. The van der Waals surface area contributed by atoms with Gasteiger partial charge in [0.2, 0.25) is 0 Å². The summed E-state index contributed by atoms with van der Waals surface area (Å²) in [7, 11) is 0. The van der Waals surface area contributed by atoms with Gasteiger partial charge in [0, 0.05) is 12.7 Å². The van der Waals surface area contributed by atoms with E-state index in [9.17, 15) is 4.79 Å². The highest BCUT2D eigenvalue weighted by molar-refractivity contribution is 5.94. The molecule has 6 heteroatoms. The predicted molar refractivity (Wildman–Crippen MR) is 62.4 cm³/mol. The maximum atomic E-state index is 11.7. The van der Waals surface area contributed by atoms with Gasteiger partial charge in [-0.05, 0) is 13.0 Å². The molecule has 3 N–H and O–H groups in total. The minimum Gasteiger partial charge on any atom is -0.469 e. The fraction of sp³-hybridized carbons (Fsp3) is 0.273. The van der Waals surface area contributed by atoms with Crippen LogP contribution in [0.15, 0.2) is 29.1 Å². The van der Waals surface area contributed by atoms with Crippen LogP contribution in [0.25, 0.3) is 0 Å². The van der Waals surface area contributed by atoms with E-state index in [-0.39, 0.29) is 5.91 Å². The summed E-state index contributed by atoms with van der Waals surface area (Å²) in [6, 6.07) is 1.65. The minimum atomic E-state index is -0.142. The van der Waals surface area contributed by atoms with Crippen LogP contribution in [0.3, 0.4) is 0 Å². The Hall–Kier alpha value is -2.24. The molecule has 0 fully saturated rings. The molecule has 1 amide bonds. The minimum absolute atomic E-state index is 0.142. The zero-order chi connectivity index (χ0) is 12.3. The first kappa shape index (κ1) is 11.3. The number of aromatic nitrogens is 2. The van der Waals surface area contributed by atoms with Crippen LogP contribution in [-0.2, 0) is 6.54 Å². The number of hydrogen-bond donors (Lipinski definition) is 2. The van der Waals surface area contributed by atoms with Gasteiger partial charge in [0.05, 0.1) is 30.3 Å². The van der Waals surface area contributed by atoms with Gasteiger partial charge in [0.25, 0.3) is 5.91 Å². The molecule has 0 aromatic carbocycles. The highest BCUT2D eigenvalue weighted by atomic mass is 16.3. The molecule has 17 heavy (non-hydrogen) atoms. The van der Waals surface area contributed by atoms with Gasteiger partial charge in [-0.1, -0.05) is 0 Å². The Kier molecular flexibility index (Phi) is 3.13. The molecule has 2 aromatic heterocycles. The van der Waals surface area contributed by atoms with Crippen LogP contribution in [0.4, 0.5) is 5.69 Å². The molecule has 0 aliphatic heterocycles. The van der Waals surface area contributed by atoms with E-state index in [2.05, 4.69) is 10.4 Å². The van der Waals surface area contributed by atoms with E-state index >= 15 is 0 Å². The summed E-state index contributed by atoms with van der Waals surface area (Å²) < 4.78 is 6.74. The van der Waals surface area contributed by atoms with Gasteiger partial charge >= 0.3 is 0 Å². The number of nitrogens with one attached hydrogen (secondary N) is 1. The van der Waals surface area contributed by atoms with E-state index in [0.717, 1.165) is 0 Å². The van der Waals surface area contributed by atoms with E-state index in [4.69, 9.17) is 10.2 Å². The molecule has 0 aliphatic rings. The second kappa shape index (κ2) is 4.73. The van der Waals surface area contributed by atoms with E-state index in [1.165, 1.54) is 6.26 Å². The van der Waals surface area contributed by atoms with Crippen molar-refractivity contribution in [3.63, 3.8) is 0 Å². The molecular formula is C11H14N4O2. The van der Waals surface area contributed by atoms with Crippen molar-refractivity contribution < 1.29 is 9.21 Å². The van der Waals surface area contributed by atoms with Gasteiger partial charge in [-0.3, -0.25) is 9.48 Å². The number of carbonyl (C=O) groups excluding carboxylic acids is 1. The van der Waals surface area contributed by atoms with Crippen molar-refractivity contribution in [1.29, 1.82) is 0 Å². The number of nitrogen functional groups attached to an aromatic ring is 1. The summed E-state index contributed by atoms with van der Waals surface area (Å²) >= 11 is 0. The van der Waals surface area contributed by atoms with Crippen LogP contribution in [0.5, 0.6) is 0 Å². The van der Waals surface area contributed by atoms with Gasteiger partial charge in [-0.25, -0.2) is 0 Å². The van der Waals surface area contributed by atoms with Crippen molar-refractivity contribution in [2.75, 3.05) is 12.3 Å². The number of aryl methyl sites for hydroxylation is 1. The Morgan fingerprint density at radius 3 is 3.06 bits per heavy atom. The fourth-order valence-corrected chi connectivity index (χ4v) is 1.50. The molecule has 0 radical (unpaired) electrons. The second-order valence-corrected chi connectivity index (χ2v) is 3.68. The molecular weight excluding hydrogens is 220 g/mol. The van der Waals surface area contributed by atoms with Gasteiger partial charge in [0.1, 0.15) is 5.76 Å². The Labute approximate surface area is 98.4 Å². The number of furan rings is 1. The number of anilines is 1. The molecule has 2 rings (SSSR count). The molecule has 90 valence electrons. The van der Waals surface area contributed by atoms with Gasteiger partial charge in [-0.2, -0.15) is 5.10 Å². The first-order valence-corrected chi connectivity index (χ1v) is 5.27. The third-order valence-electron chi connectivity index (χ3n) is 2.38. The third-order valence-corrected chi connectivity index (χ3v) is 2.38. The molecule has 0 saturated carbocycles. The number of carbonyl (C=O) groups is 1. The molecule has 2 heterocycles. The van der Waals surface area contributed by atoms with Gasteiger partial charge in [-0.15, -0.1) is 0 Å². The molecule has 0 atom stereocenters. The maximum absolute atomic E-state index is 11.7. The summed E-state index contributed by atoms with van der Waals surface area (Å²) in [5.74, 6) is 0.474. The summed E-state index contributed by atoms with van der Waals surface area (Å²) in [4.78, 5) is 11.7.